The van der Waals surface area contributed by atoms with Crippen molar-refractivity contribution in [2.24, 2.45) is 0 Å². The summed E-state index contributed by atoms with van der Waals surface area (Å²) in [6.07, 6.45) is 2.14. The van der Waals surface area contributed by atoms with E-state index in [9.17, 15) is 18.4 Å². The Bertz CT molecular complexity index is 1090. The summed E-state index contributed by atoms with van der Waals surface area (Å²) in [5.41, 5.74) is -0.629. The van der Waals surface area contributed by atoms with Gasteiger partial charge in [0, 0.05) is 24.4 Å². The number of hydrogen-bond acceptors (Lipinski definition) is 4. The molecule has 0 saturated carbocycles. The molecular formula is C20H17F2N3O2. The van der Waals surface area contributed by atoms with Crippen LogP contribution in [-0.2, 0) is 4.79 Å². The SMILES string of the molecule is O=C1CCCCN(c2nn(-c3ccc(F)cc3F)c(=O)c3ccccc23)C1. The molecule has 0 radical (unpaired) electrons. The van der Waals surface area contributed by atoms with Crippen LogP contribution in [0, 0.1) is 11.6 Å². The van der Waals surface area contributed by atoms with Gasteiger partial charge in [-0.1, -0.05) is 18.2 Å². The number of rotatable bonds is 2. The summed E-state index contributed by atoms with van der Waals surface area (Å²) in [5.74, 6) is -1.06. The molecule has 1 aliphatic heterocycles. The Labute approximate surface area is 153 Å². The second kappa shape index (κ2) is 6.90. The van der Waals surface area contributed by atoms with Crippen molar-refractivity contribution >= 4 is 22.4 Å². The number of ketones is 1. The highest BCUT2D eigenvalue weighted by Gasteiger charge is 2.22. The number of anilines is 1. The van der Waals surface area contributed by atoms with Gasteiger partial charge in [0.15, 0.2) is 17.4 Å². The second-order valence-corrected chi connectivity index (χ2v) is 6.60. The lowest BCUT2D eigenvalue weighted by Crippen LogP contribution is -2.32. The minimum absolute atomic E-state index is 0.101. The van der Waals surface area contributed by atoms with E-state index in [-0.39, 0.29) is 18.0 Å². The summed E-state index contributed by atoms with van der Waals surface area (Å²) in [6.45, 7) is 0.813. The van der Waals surface area contributed by atoms with E-state index >= 15 is 0 Å². The number of aromatic nitrogens is 2. The van der Waals surface area contributed by atoms with E-state index in [1.807, 2.05) is 4.90 Å². The van der Waals surface area contributed by atoms with Crippen molar-refractivity contribution in [3.63, 3.8) is 0 Å². The fourth-order valence-corrected chi connectivity index (χ4v) is 3.40. The maximum absolute atomic E-state index is 14.3. The predicted molar refractivity (Wildman–Crippen MR) is 98.3 cm³/mol. The molecule has 3 aromatic rings. The van der Waals surface area contributed by atoms with E-state index in [4.69, 9.17) is 0 Å². The van der Waals surface area contributed by atoms with Crippen molar-refractivity contribution in [2.45, 2.75) is 19.3 Å². The Hall–Kier alpha value is -3.09. The van der Waals surface area contributed by atoms with E-state index in [0.29, 0.717) is 35.6 Å². The van der Waals surface area contributed by atoms with E-state index in [2.05, 4.69) is 5.10 Å². The van der Waals surface area contributed by atoms with Crippen LogP contribution in [0.3, 0.4) is 0 Å². The van der Waals surface area contributed by atoms with Gasteiger partial charge in [0.2, 0.25) is 0 Å². The van der Waals surface area contributed by atoms with Gasteiger partial charge in [-0.15, -0.1) is 5.10 Å². The van der Waals surface area contributed by atoms with Crippen LogP contribution in [-0.4, -0.2) is 28.7 Å². The van der Waals surface area contributed by atoms with Crippen molar-refractivity contribution in [1.82, 2.24) is 9.78 Å². The molecule has 0 amide bonds. The van der Waals surface area contributed by atoms with Crippen molar-refractivity contribution < 1.29 is 13.6 Å². The first-order valence-electron chi connectivity index (χ1n) is 8.79. The predicted octanol–water partition coefficient (Wildman–Crippen LogP) is 3.22. The minimum atomic E-state index is -0.877. The summed E-state index contributed by atoms with van der Waals surface area (Å²) in [5, 5.41) is 5.35. The number of nitrogens with zero attached hydrogens (tertiary/aromatic N) is 3. The lowest BCUT2D eigenvalue weighted by Gasteiger charge is -2.23. The second-order valence-electron chi connectivity index (χ2n) is 6.60. The third-order valence-corrected chi connectivity index (χ3v) is 4.72. The molecule has 7 heteroatoms. The summed E-state index contributed by atoms with van der Waals surface area (Å²) >= 11 is 0. The molecule has 5 nitrogen and oxygen atoms in total. The van der Waals surface area contributed by atoms with E-state index in [1.165, 1.54) is 6.07 Å². The molecule has 1 saturated heterocycles. The molecule has 0 unspecified atom stereocenters. The van der Waals surface area contributed by atoms with Gasteiger partial charge in [0.25, 0.3) is 5.56 Å². The third-order valence-electron chi connectivity index (χ3n) is 4.72. The van der Waals surface area contributed by atoms with Crippen LogP contribution in [0.2, 0.25) is 0 Å². The first-order chi connectivity index (χ1) is 13.0. The zero-order valence-electron chi connectivity index (χ0n) is 14.5. The molecule has 1 aromatic heterocycles. The highest BCUT2D eigenvalue weighted by atomic mass is 19.1. The Morgan fingerprint density at radius 3 is 2.52 bits per heavy atom. The van der Waals surface area contributed by atoms with E-state index in [0.717, 1.165) is 23.6 Å². The number of fused-ring (bicyclic) bond motifs is 1. The topological polar surface area (TPSA) is 55.2 Å². The van der Waals surface area contributed by atoms with Gasteiger partial charge in [-0.2, -0.15) is 4.68 Å². The summed E-state index contributed by atoms with van der Waals surface area (Å²) in [7, 11) is 0. The average Bonchev–Trinajstić information content (AvgIpc) is 2.87. The van der Waals surface area contributed by atoms with Gasteiger partial charge in [0.05, 0.1) is 11.9 Å². The van der Waals surface area contributed by atoms with Crippen LogP contribution in [0.25, 0.3) is 16.5 Å². The molecule has 1 fully saturated rings. The zero-order chi connectivity index (χ0) is 19.0. The van der Waals surface area contributed by atoms with Gasteiger partial charge < -0.3 is 4.90 Å². The Balaban J connectivity index is 1.97. The molecular weight excluding hydrogens is 352 g/mol. The Morgan fingerprint density at radius 2 is 1.74 bits per heavy atom. The molecule has 2 aromatic carbocycles. The molecule has 4 rings (SSSR count). The van der Waals surface area contributed by atoms with Gasteiger partial charge in [-0.05, 0) is 31.0 Å². The third kappa shape index (κ3) is 3.20. The molecule has 0 spiro atoms. The largest absolute Gasteiger partial charge is 0.347 e. The van der Waals surface area contributed by atoms with E-state index < -0.39 is 17.2 Å². The van der Waals surface area contributed by atoms with Crippen LogP contribution < -0.4 is 10.5 Å². The number of hydrogen-bond donors (Lipinski definition) is 0. The standard InChI is InChI=1S/C20H17F2N3O2/c21-13-8-9-18(17(22)11-13)25-20(27)16-7-2-1-6-15(16)19(23-25)24-10-4-3-5-14(26)12-24/h1-2,6-9,11H,3-5,10,12H2. The van der Waals surface area contributed by atoms with Gasteiger partial charge in [-0.3, -0.25) is 9.59 Å². The Kier molecular flexibility index (Phi) is 4.43. The number of halogens is 2. The van der Waals surface area contributed by atoms with Crippen LogP contribution in [0.15, 0.2) is 47.3 Å². The molecule has 0 aliphatic carbocycles. The monoisotopic (exact) mass is 369 g/mol. The molecule has 138 valence electrons. The Morgan fingerprint density at radius 1 is 0.963 bits per heavy atom. The number of Topliss-reactive ketones (excluding diaryl/α,β-unsaturated/α-hetero) is 1. The summed E-state index contributed by atoms with van der Waals surface area (Å²) in [6, 6.07) is 9.89. The first kappa shape index (κ1) is 17.3. The maximum atomic E-state index is 14.3. The van der Waals surface area contributed by atoms with Crippen LogP contribution in [0.4, 0.5) is 14.6 Å². The molecule has 2 heterocycles. The number of carbonyl (C=O) groups excluding carboxylic acids is 1. The van der Waals surface area contributed by atoms with Crippen molar-refractivity contribution in [1.29, 1.82) is 0 Å². The van der Waals surface area contributed by atoms with Crippen molar-refractivity contribution in [2.75, 3.05) is 18.0 Å². The first-order valence-corrected chi connectivity index (χ1v) is 8.79. The van der Waals surface area contributed by atoms with Crippen LogP contribution in [0.5, 0.6) is 0 Å². The molecule has 0 bridgehead atoms. The quantitative estimate of drug-likeness (QED) is 0.696. The van der Waals surface area contributed by atoms with Crippen molar-refractivity contribution in [3.05, 3.63) is 64.5 Å². The maximum Gasteiger partial charge on any atom is 0.279 e. The lowest BCUT2D eigenvalue weighted by molar-refractivity contribution is -0.117. The highest BCUT2D eigenvalue weighted by molar-refractivity contribution is 5.93. The smallest absolute Gasteiger partial charge is 0.279 e. The molecule has 0 N–H and O–H groups in total. The number of benzene rings is 2. The lowest BCUT2D eigenvalue weighted by atomic mass is 10.1. The van der Waals surface area contributed by atoms with E-state index in [1.54, 1.807) is 24.3 Å². The molecule has 1 aliphatic rings. The van der Waals surface area contributed by atoms with Gasteiger partial charge in [-0.25, -0.2) is 8.78 Å². The fourth-order valence-electron chi connectivity index (χ4n) is 3.40. The molecule has 0 atom stereocenters. The normalized spacial score (nSPS) is 15.2. The number of carbonyl (C=O) groups is 1. The van der Waals surface area contributed by atoms with Gasteiger partial charge >= 0.3 is 0 Å². The zero-order valence-corrected chi connectivity index (χ0v) is 14.5. The van der Waals surface area contributed by atoms with Crippen LogP contribution in [0.1, 0.15) is 19.3 Å². The highest BCUT2D eigenvalue weighted by Crippen LogP contribution is 2.25. The van der Waals surface area contributed by atoms with Gasteiger partial charge in [0.1, 0.15) is 11.5 Å². The summed E-state index contributed by atoms with van der Waals surface area (Å²) in [4.78, 5) is 26.8. The minimum Gasteiger partial charge on any atom is -0.347 e. The van der Waals surface area contributed by atoms with Crippen molar-refractivity contribution in [3.8, 4) is 5.69 Å². The summed E-state index contributed by atoms with van der Waals surface area (Å²) < 4.78 is 28.5. The molecule has 27 heavy (non-hydrogen) atoms. The van der Waals surface area contributed by atoms with Crippen LogP contribution >= 0.6 is 0 Å². The fraction of sp³-hybridized carbons (Fsp3) is 0.250. The average molecular weight is 369 g/mol.